The fourth-order valence-corrected chi connectivity index (χ4v) is 2.56. The quantitative estimate of drug-likeness (QED) is 0.540. The van der Waals surface area contributed by atoms with E-state index in [4.69, 9.17) is 15.9 Å². The van der Waals surface area contributed by atoms with Gasteiger partial charge in [-0.15, -0.1) is 0 Å². The molecule has 1 aromatic carbocycles. The third-order valence-electron chi connectivity index (χ3n) is 3.87. The van der Waals surface area contributed by atoms with Gasteiger partial charge in [-0.3, -0.25) is 9.59 Å². The van der Waals surface area contributed by atoms with Gasteiger partial charge < -0.3 is 15.9 Å². The van der Waals surface area contributed by atoms with Gasteiger partial charge in [0, 0.05) is 18.4 Å². The molecule has 0 spiro atoms. The standard InChI is InChI=1S/C10H15N.C10H18O4/c1-8-6-4-5-7-9(8)10(2,3)11;11-9(12)7-5-3-1-2-4-6-8-10(13)14/h4-7H,11H2,1-3H3;1-8H2,(H,11,12)(H,13,14). The molecule has 0 atom stereocenters. The van der Waals surface area contributed by atoms with Crippen LogP contribution in [0.5, 0.6) is 0 Å². The second-order valence-electron chi connectivity index (χ2n) is 6.95. The van der Waals surface area contributed by atoms with Crippen LogP contribution >= 0.6 is 0 Å². The molecule has 142 valence electrons. The van der Waals surface area contributed by atoms with E-state index < -0.39 is 11.9 Å². The third kappa shape index (κ3) is 13.1. The lowest BCUT2D eigenvalue weighted by molar-refractivity contribution is -0.138. The number of aliphatic carboxylic acids is 2. The molecule has 1 rings (SSSR count). The first-order chi connectivity index (χ1) is 11.6. The topological polar surface area (TPSA) is 101 Å². The van der Waals surface area contributed by atoms with E-state index >= 15 is 0 Å². The minimum Gasteiger partial charge on any atom is -0.481 e. The summed E-state index contributed by atoms with van der Waals surface area (Å²) in [5, 5.41) is 16.7. The van der Waals surface area contributed by atoms with E-state index in [2.05, 4.69) is 19.1 Å². The summed E-state index contributed by atoms with van der Waals surface area (Å²) in [5.41, 5.74) is 8.23. The first-order valence-corrected chi connectivity index (χ1v) is 8.93. The third-order valence-corrected chi connectivity index (χ3v) is 3.87. The monoisotopic (exact) mass is 351 g/mol. The number of carboxylic acids is 2. The molecule has 0 aliphatic heterocycles. The molecule has 0 unspecified atom stereocenters. The number of nitrogens with two attached hydrogens (primary N) is 1. The molecule has 0 radical (unpaired) electrons. The second-order valence-corrected chi connectivity index (χ2v) is 6.95. The maximum atomic E-state index is 10.1. The second kappa shape index (κ2) is 12.5. The van der Waals surface area contributed by atoms with E-state index in [1.54, 1.807) is 0 Å². The van der Waals surface area contributed by atoms with Crippen LogP contribution in [0.3, 0.4) is 0 Å². The molecule has 0 amide bonds. The predicted octanol–water partition coefficient (Wildman–Crippen LogP) is 4.47. The summed E-state index contributed by atoms with van der Waals surface area (Å²) >= 11 is 0. The summed E-state index contributed by atoms with van der Waals surface area (Å²) in [4.78, 5) is 20.3. The first-order valence-electron chi connectivity index (χ1n) is 8.93. The molecule has 25 heavy (non-hydrogen) atoms. The van der Waals surface area contributed by atoms with E-state index in [1.807, 2.05) is 26.0 Å². The lowest BCUT2D eigenvalue weighted by atomic mass is 9.92. The van der Waals surface area contributed by atoms with E-state index in [1.165, 1.54) is 11.1 Å². The Balaban J connectivity index is 0.000000472. The minimum atomic E-state index is -0.740. The van der Waals surface area contributed by atoms with Crippen LogP contribution in [0, 0.1) is 6.92 Å². The summed E-state index contributed by atoms with van der Waals surface area (Å²) in [6.07, 6.45) is 5.82. The molecule has 1 aromatic rings. The van der Waals surface area contributed by atoms with Gasteiger partial charge in [0.1, 0.15) is 0 Å². The summed E-state index contributed by atoms with van der Waals surface area (Å²) in [5.74, 6) is -1.48. The maximum absolute atomic E-state index is 10.1. The average Bonchev–Trinajstić information content (AvgIpc) is 2.49. The number of hydrogen-bond donors (Lipinski definition) is 3. The van der Waals surface area contributed by atoms with Crippen molar-refractivity contribution >= 4 is 11.9 Å². The maximum Gasteiger partial charge on any atom is 0.303 e. The van der Waals surface area contributed by atoms with Gasteiger partial charge in [-0.05, 0) is 44.7 Å². The Morgan fingerprint density at radius 3 is 1.60 bits per heavy atom. The van der Waals surface area contributed by atoms with Crippen LogP contribution in [-0.4, -0.2) is 22.2 Å². The number of hydrogen-bond acceptors (Lipinski definition) is 3. The van der Waals surface area contributed by atoms with Gasteiger partial charge in [0.15, 0.2) is 0 Å². The van der Waals surface area contributed by atoms with Crippen LogP contribution in [-0.2, 0) is 15.1 Å². The molecule has 0 saturated carbocycles. The van der Waals surface area contributed by atoms with Crippen molar-refractivity contribution in [2.75, 3.05) is 0 Å². The van der Waals surface area contributed by atoms with Crippen LogP contribution in [0.15, 0.2) is 24.3 Å². The molecule has 5 heteroatoms. The van der Waals surface area contributed by atoms with Crippen molar-refractivity contribution in [3.05, 3.63) is 35.4 Å². The Morgan fingerprint density at radius 2 is 1.28 bits per heavy atom. The zero-order chi connectivity index (χ0) is 19.3. The lowest BCUT2D eigenvalue weighted by Crippen LogP contribution is -2.29. The summed E-state index contributed by atoms with van der Waals surface area (Å²) < 4.78 is 0. The van der Waals surface area contributed by atoms with E-state index in [9.17, 15) is 9.59 Å². The van der Waals surface area contributed by atoms with Gasteiger partial charge in [0.25, 0.3) is 0 Å². The molecule has 0 aliphatic carbocycles. The van der Waals surface area contributed by atoms with Crippen molar-refractivity contribution in [1.29, 1.82) is 0 Å². The zero-order valence-electron chi connectivity index (χ0n) is 15.8. The van der Waals surface area contributed by atoms with Crippen molar-refractivity contribution in [2.45, 2.75) is 77.7 Å². The fourth-order valence-electron chi connectivity index (χ4n) is 2.56. The summed E-state index contributed by atoms with van der Waals surface area (Å²) in [6, 6.07) is 8.22. The number of benzene rings is 1. The first kappa shape index (κ1) is 23.1. The van der Waals surface area contributed by atoms with Crippen LogP contribution in [0.4, 0.5) is 0 Å². The largest absolute Gasteiger partial charge is 0.481 e. The molecule has 4 N–H and O–H groups in total. The molecule has 0 bridgehead atoms. The van der Waals surface area contributed by atoms with Crippen LogP contribution < -0.4 is 5.73 Å². The average molecular weight is 351 g/mol. The van der Waals surface area contributed by atoms with E-state index in [-0.39, 0.29) is 18.4 Å². The Morgan fingerprint density at radius 1 is 0.880 bits per heavy atom. The van der Waals surface area contributed by atoms with Crippen LogP contribution in [0.2, 0.25) is 0 Å². The molecule has 0 aliphatic rings. The fraction of sp³-hybridized carbons (Fsp3) is 0.600. The van der Waals surface area contributed by atoms with Crippen molar-refractivity contribution < 1.29 is 19.8 Å². The highest BCUT2D eigenvalue weighted by atomic mass is 16.4. The van der Waals surface area contributed by atoms with Gasteiger partial charge in [0.2, 0.25) is 0 Å². The van der Waals surface area contributed by atoms with Gasteiger partial charge in [-0.2, -0.15) is 0 Å². The van der Waals surface area contributed by atoms with E-state index in [0.29, 0.717) is 0 Å². The Kier molecular flexibility index (Phi) is 11.5. The highest BCUT2D eigenvalue weighted by Crippen LogP contribution is 2.19. The number of aryl methyl sites for hydroxylation is 1. The molecule has 0 saturated heterocycles. The SMILES string of the molecule is Cc1ccccc1C(C)(C)N.O=C(O)CCCCCCCCC(=O)O. The molecular formula is C20H33NO4. The van der Waals surface area contributed by atoms with Crippen molar-refractivity contribution in [3.8, 4) is 0 Å². The number of unbranched alkanes of at least 4 members (excludes halogenated alkanes) is 5. The Hall–Kier alpha value is -1.88. The van der Waals surface area contributed by atoms with Gasteiger partial charge >= 0.3 is 11.9 Å². The van der Waals surface area contributed by atoms with Gasteiger partial charge in [0.05, 0.1) is 0 Å². The smallest absolute Gasteiger partial charge is 0.303 e. The summed E-state index contributed by atoms with van der Waals surface area (Å²) in [7, 11) is 0. The van der Waals surface area contributed by atoms with Crippen molar-refractivity contribution in [1.82, 2.24) is 0 Å². The number of carbonyl (C=O) groups is 2. The van der Waals surface area contributed by atoms with Gasteiger partial charge in [-0.25, -0.2) is 0 Å². The lowest BCUT2D eigenvalue weighted by Gasteiger charge is -2.21. The minimum absolute atomic E-state index is 0.217. The molecule has 0 fully saturated rings. The zero-order valence-corrected chi connectivity index (χ0v) is 15.8. The molecular weight excluding hydrogens is 318 g/mol. The molecule has 0 heterocycles. The molecule has 0 aromatic heterocycles. The normalized spacial score (nSPS) is 10.7. The number of rotatable bonds is 10. The molecule has 5 nitrogen and oxygen atoms in total. The Bertz CT molecular complexity index is 501. The van der Waals surface area contributed by atoms with E-state index in [0.717, 1.165) is 38.5 Å². The predicted molar refractivity (Wildman–Crippen MR) is 101 cm³/mol. The highest BCUT2D eigenvalue weighted by Gasteiger charge is 2.14. The van der Waals surface area contributed by atoms with Gasteiger partial charge in [-0.1, -0.05) is 49.9 Å². The van der Waals surface area contributed by atoms with Crippen molar-refractivity contribution in [2.24, 2.45) is 5.73 Å². The van der Waals surface area contributed by atoms with Crippen molar-refractivity contribution in [3.63, 3.8) is 0 Å². The Labute approximate surface area is 151 Å². The number of carboxylic acid groups (broad SMARTS) is 2. The highest BCUT2D eigenvalue weighted by molar-refractivity contribution is 5.66. The van der Waals surface area contributed by atoms with Crippen LogP contribution in [0.1, 0.15) is 76.3 Å². The summed E-state index contributed by atoms with van der Waals surface area (Å²) in [6.45, 7) is 6.13. The van der Waals surface area contributed by atoms with Crippen LogP contribution in [0.25, 0.3) is 0 Å².